The zero-order valence-corrected chi connectivity index (χ0v) is 8.78. The van der Waals surface area contributed by atoms with E-state index in [1.54, 1.807) is 0 Å². The molecule has 0 aliphatic heterocycles. The Morgan fingerprint density at radius 1 is 1.44 bits per heavy atom. The molecule has 1 aromatic carbocycles. The lowest BCUT2D eigenvalue weighted by Crippen LogP contribution is -2.06. The monoisotopic (exact) mass is 221 g/mol. The summed E-state index contributed by atoms with van der Waals surface area (Å²) in [7, 11) is 0. The highest BCUT2D eigenvalue weighted by Crippen LogP contribution is 2.28. The molecule has 0 amide bonds. The van der Waals surface area contributed by atoms with Crippen molar-refractivity contribution in [1.82, 2.24) is 0 Å². The molecule has 0 unspecified atom stereocenters. The molecular formula is C12H12FNO2. The van der Waals surface area contributed by atoms with Crippen molar-refractivity contribution in [2.75, 3.05) is 13.4 Å². The van der Waals surface area contributed by atoms with E-state index in [0.29, 0.717) is 12.5 Å². The molecule has 0 radical (unpaired) electrons. The Morgan fingerprint density at radius 2 is 2.25 bits per heavy atom. The van der Waals surface area contributed by atoms with E-state index >= 15 is 0 Å². The molecule has 0 bridgehead atoms. The van der Waals surface area contributed by atoms with Gasteiger partial charge in [0.05, 0.1) is 18.2 Å². The number of ether oxygens (including phenoxy) is 2. The van der Waals surface area contributed by atoms with Crippen LogP contribution in [0.2, 0.25) is 0 Å². The van der Waals surface area contributed by atoms with Crippen LogP contribution < -0.4 is 4.74 Å². The second-order valence-electron chi connectivity index (χ2n) is 3.83. The summed E-state index contributed by atoms with van der Waals surface area (Å²) in [5, 5.41) is 8.55. The van der Waals surface area contributed by atoms with Crippen LogP contribution in [-0.2, 0) is 4.74 Å². The van der Waals surface area contributed by atoms with Crippen molar-refractivity contribution in [2.24, 2.45) is 5.92 Å². The first-order valence-corrected chi connectivity index (χ1v) is 5.20. The van der Waals surface area contributed by atoms with Gasteiger partial charge in [-0.2, -0.15) is 5.26 Å². The van der Waals surface area contributed by atoms with E-state index in [2.05, 4.69) is 0 Å². The quantitative estimate of drug-likeness (QED) is 0.566. The molecule has 1 aliphatic rings. The number of nitrogens with zero attached hydrogens (tertiary/aromatic N) is 1. The molecule has 0 N–H and O–H groups in total. The lowest BCUT2D eigenvalue weighted by molar-refractivity contribution is 0.00792. The second kappa shape index (κ2) is 4.95. The maximum Gasteiger partial charge on any atom is 0.189 e. The standard InChI is InChI=1S/C12H12FNO2/c13-11-5-10(6-14)3-4-12(11)16-8-15-7-9-1-2-9/h3-5,9H,1-2,7-8H2. The molecule has 0 atom stereocenters. The molecule has 0 aromatic heterocycles. The highest BCUT2D eigenvalue weighted by atomic mass is 19.1. The number of halogens is 1. The predicted molar refractivity (Wildman–Crippen MR) is 55.3 cm³/mol. The summed E-state index contributed by atoms with van der Waals surface area (Å²) in [5.74, 6) is 0.248. The Morgan fingerprint density at radius 3 is 2.88 bits per heavy atom. The van der Waals surface area contributed by atoms with Crippen LogP contribution in [0.25, 0.3) is 0 Å². The summed E-state index contributed by atoms with van der Waals surface area (Å²) in [5.41, 5.74) is 0.281. The summed E-state index contributed by atoms with van der Waals surface area (Å²) in [4.78, 5) is 0. The third-order valence-electron chi connectivity index (χ3n) is 2.41. The van der Waals surface area contributed by atoms with E-state index in [0.717, 1.165) is 6.07 Å². The number of hydrogen-bond acceptors (Lipinski definition) is 3. The first-order valence-electron chi connectivity index (χ1n) is 5.20. The Kier molecular flexibility index (Phi) is 3.37. The summed E-state index contributed by atoms with van der Waals surface area (Å²) >= 11 is 0. The largest absolute Gasteiger partial charge is 0.464 e. The summed E-state index contributed by atoms with van der Waals surface area (Å²) in [6.45, 7) is 0.733. The first kappa shape index (κ1) is 10.9. The highest BCUT2D eigenvalue weighted by Gasteiger charge is 2.21. The minimum absolute atomic E-state index is 0.0549. The van der Waals surface area contributed by atoms with E-state index in [1.807, 2.05) is 6.07 Å². The van der Waals surface area contributed by atoms with Crippen LogP contribution in [0.1, 0.15) is 18.4 Å². The van der Waals surface area contributed by atoms with Crippen molar-refractivity contribution >= 4 is 0 Å². The molecule has 1 aromatic rings. The molecule has 1 aliphatic carbocycles. The normalized spacial score (nSPS) is 14.5. The summed E-state index contributed by atoms with van der Waals surface area (Å²) < 4.78 is 23.6. The topological polar surface area (TPSA) is 42.2 Å². The van der Waals surface area contributed by atoms with Crippen molar-refractivity contribution < 1.29 is 13.9 Å². The van der Waals surface area contributed by atoms with Gasteiger partial charge in [-0.3, -0.25) is 0 Å². The van der Waals surface area contributed by atoms with E-state index < -0.39 is 5.82 Å². The van der Waals surface area contributed by atoms with Gasteiger partial charge in [-0.1, -0.05) is 0 Å². The Balaban J connectivity index is 1.81. The average Bonchev–Trinajstić information content (AvgIpc) is 3.10. The number of nitriles is 1. The van der Waals surface area contributed by atoms with E-state index in [9.17, 15) is 4.39 Å². The van der Waals surface area contributed by atoms with Crippen LogP contribution in [0.15, 0.2) is 18.2 Å². The van der Waals surface area contributed by atoms with Gasteiger partial charge in [0.25, 0.3) is 0 Å². The van der Waals surface area contributed by atoms with Crippen LogP contribution in [0.5, 0.6) is 5.75 Å². The molecule has 4 heteroatoms. The van der Waals surface area contributed by atoms with Gasteiger partial charge in [-0.05, 0) is 37.0 Å². The summed E-state index contributed by atoms with van der Waals surface area (Å²) in [6, 6.07) is 5.96. The van der Waals surface area contributed by atoms with Gasteiger partial charge in [0.2, 0.25) is 0 Å². The van der Waals surface area contributed by atoms with Crippen LogP contribution in [-0.4, -0.2) is 13.4 Å². The molecule has 0 heterocycles. The van der Waals surface area contributed by atoms with Gasteiger partial charge in [0, 0.05) is 0 Å². The minimum atomic E-state index is -0.533. The lowest BCUT2D eigenvalue weighted by Gasteiger charge is -2.07. The minimum Gasteiger partial charge on any atom is -0.464 e. The van der Waals surface area contributed by atoms with Crippen LogP contribution in [0.4, 0.5) is 4.39 Å². The van der Waals surface area contributed by atoms with Crippen molar-refractivity contribution in [3.05, 3.63) is 29.6 Å². The number of hydrogen-bond donors (Lipinski definition) is 0. The van der Waals surface area contributed by atoms with Crippen LogP contribution >= 0.6 is 0 Å². The maximum absolute atomic E-state index is 13.3. The van der Waals surface area contributed by atoms with Crippen molar-refractivity contribution in [1.29, 1.82) is 5.26 Å². The maximum atomic E-state index is 13.3. The van der Waals surface area contributed by atoms with Crippen molar-refractivity contribution in [3.8, 4) is 11.8 Å². The van der Waals surface area contributed by atoms with Gasteiger partial charge in [0.1, 0.15) is 0 Å². The molecule has 2 rings (SSSR count). The highest BCUT2D eigenvalue weighted by molar-refractivity contribution is 5.35. The molecule has 84 valence electrons. The van der Waals surface area contributed by atoms with Gasteiger partial charge in [0.15, 0.2) is 18.4 Å². The fourth-order valence-corrected chi connectivity index (χ4v) is 1.29. The van der Waals surface area contributed by atoms with Crippen molar-refractivity contribution in [3.63, 3.8) is 0 Å². The van der Waals surface area contributed by atoms with Crippen molar-refractivity contribution in [2.45, 2.75) is 12.8 Å². The van der Waals surface area contributed by atoms with E-state index in [4.69, 9.17) is 14.7 Å². The third-order valence-corrected chi connectivity index (χ3v) is 2.41. The molecule has 0 spiro atoms. The van der Waals surface area contributed by atoms with Gasteiger partial charge in [-0.25, -0.2) is 4.39 Å². The molecule has 0 saturated heterocycles. The number of rotatable bonds is 5. The smallest absolute Gasteiger partial charge is 0.189 e. The third kappa shape index (κ3) is 2.94. The molecular weight excluding hydrogens is 209 g/mol. The Hall–Kier alpha value is -1.60. The Labute approximate surface area is 93.4 Å². The zero-order chi connectivity index (χ0) is 11.4. The lowest BCUT2D eigenvalue weighted by atomic mass is 10.2. The first-order chi connectivity index (χ1) is 7.79. The predicted octanol–water partition coefficient (Wildman–Crippen LogP) is 2.46. The number of benzene rings is 1. The van der Waals surface area contributed by atoms with Gasteiger partial charge < -0.3 is 9.47 Å². The van der Waals surface area contributed by atoms with Crippen LogP contribution in [0.3, 0.4) is 0 Å². The van der Waals surface area contributed by atoms with Crippen LogP contribution in [0, 0.1) is 23.1 Å². The molecule has 1 saturated carbocycles. The zero-order valence-electron chi connectivity index (χ0n) is 8.78. The van der Waals surface area contributed by atoms with E-state index in [-0.39, 0.29) is 18.1 Å². The molecule has 1 fully saturated rings. The fraction of sp³-hybridized carbons (Fsp3) is 0.417. The summed E-state index contributed by atoms with van der Waals surface area (Å²) in [6.07, 6.45) is 2.43. The molecule has 3 nitrogen and oxygen atoms in total. The Bertz CT molecular complexity index is 410. The fourth-order valence-electron chi connectivity index (χ4n) is 1.29. The van der Waals surface area contributed by atoms with Gasteiger partial charge in [-0.15, -0.1) is 0 Å². The molecule has 16 heavy (non-hydrogen) atoms. The SMILES string of the molecule is N#Cc1ccc(OCOCC2CC2)c(F)c1. The van der Waals surface area contributed by atoms with E-state index in [1.165, 1.54) is 25.0 Å². The van der Waals surface area contributed by atoms with Gasteiger partial charge >= 0.3 is 0 Å². The average molecular weight is 221 g/mol. The second-order valence-corrected chi connectivity index (χ2v) is 3.83.